The van der Waals surface area contributed by atoms with Crippen molar-refractivity contribution < 1.29 is 0 Å². The van der Waals surface area contributed by atoms with Gasteiger partial charge in [-0.3, -0.25) is 0 Å². The average Bonchev–Trinajstić information content (AvgIpc) is 2.75. The van der Waals surface area contributed by atoms with Crippen LogP contribution in [0.15, 0.2) is 40.2 Å². The van der Waals surface area contributed by atoms with Crippen LogP contribution in [-0.2, 0) is 5.41 Å². The Morgan fingerprint density at radius 1 is 1.21 bits per heavy atom. The molecule has 1 N–H and O–H groups in total. The molecule has 0 fully saturated rings. The highest BCUT2D eigenvalue weighted by Crippen LogP contribution is 2.33. The van der Waals surface area contributed by atoms with Gasteiger partial charge in [0.15, 0.2) is 0 Å². The first-order chi connectivity index (χ1) is 8.88. The van der Waals surface area contributed by atoms with E-state index >= 15 is 0 Å². The molecule has 1 aromatic heterocycles. The van der Waals surface area contributed by atoms with E-state index in [9.17, 15) is 0 Å². The van der Waals surface area contributed by atoms with Crippen molar-refractivity contribution in [2.45, 2.75) is 39.2 Å². The molecule has 1 aromatic carbocycles. The van der Waals surface area contributed by atoms with Crippen LogP contribution in [0.3, 0.4) is 0 Å². The van der Waals surface area contributed by atoms with E-state index in [0.717, 1.165) is 4.47 Å². The van der Waals surface area contributed by atoms with Crippen molar-refractivity contribution in [1.29, 1.82) is 0 Å². The number of hydrogen-bond donors (Lipinski definition) is 1. The highest BCUT2D eigenvalue weighted by atomic mass is 79.9. The number of benzene rings is 1. The molecule has 0 aliphatic carbocycles. The highest BCUT2D eigenvalue weighted by molar-refractivity contribution is 9.10. The fraction of sp³-hybridized carbons (Fsp3) is 0.375. The number of nitrogens with one attached hydrogen (secondary N) is 1. The molecular formula is C16H20BrNS. The van der Waals surface area contributed by atoms with E-state index < -0.39 is 0 Å². The van der Waals surface area contributed by atoms with Crippen LogP contribution in [0, 0.1) is 0 Å². The topological polar surface area (TPSA) is 12.0 Å². The second-order valence-corrected chi connectivity index (χ2v) is 7.69. The van der Waals surface area contributed by atoms with Crippen LogP contribution in [0.1, 0.15) is 44.2 Å². The minimum atomic E-state index is 0.152. The molecule has 2 aromatic rings. The molecule has 0 saturated heterocycles. The van der Waals surface area contributed by atoms with Crippen LogP contribution >= 0.6 is 27.3 Å². The summed E-state index contributed by atoms with van der Waals surface area (Å²) in [4.78, 5) is 1.34. The molecule has 0 aliphatic rings. The molecule has 2 rings (SSSR count). The Hall–Kier alpha value is -0.800. The van der Waals surface area contributed by atoms with Gasteiger partial charge in [0.2, 0.25) is 0 Å². The molecule has 0 bridgehead atoms. The van der Waals surface area contributed by atoms with E-state index in [4.69, 9.17) is 0 Å². The number of halogens is 1. The lowest BCUT2D eigenvalue weighted by Gasteiger charge is -2.25. The Kier molecular flexibility index (Phi) is 4.36. The third-order valence-corrected chi connectivity index (χ3v) is 5.00. The molecular weight excluding hydrogens is 318 g/mol. The van der Waals surface area contributed by atoms with Gasteiger partial charge in [-0.25, -0.2) is 0 Å². The zero-order valence-corrected chi connectivity index (χ0v) is 14.2. The van der Waals surface area contributed by atoms with Gasteiger partial charge in [-0.05, 0) is 46.0 Å². The Bertz CT molecular complexity index is 554. The lowest BCUT2D eigenvalue weighted by Crippen LogP contribution is -2.16. The summed E-state index contributed by atoms with van der Waals surface area (Å²) in [5, 5.41) is 5.76. The normalized spacial score (nSPS) is 13.3. The van der Waals surface area contributed by atoms with Crippen LogP contribution in [-0.4, -0.2) is 0 Å². The van der Waals surface area contributed by atoms with Crippen LogP contribution < -0.4 is 5.32 Å². The van der Waals surface area contributed by atoms with Gasteiger partial charge in [-0.2, -0.15) is 0 Å². The van der Waals surface area contributed by atoms with Crippen molar-refractivity contribution >= 4 is 33.0 Å². The van der Waals surface area contributed by atoms with Crippen molar-refractivity contribution in [2.75, 3.05) is 5.32 Å². The summed E-state index contributed by atoms with van der Waals surface area (Å²) < 4.78 is 1.16. The van der Waals surface area contributed by atoms with Gasteiger partial charge in [0, 0.05) is 20.4 Å². The summed E-state index contributed by atoms with van der Waals surface area (Å²) in [6, 6.07) is 11.1. The number of hydrogen-bond acceptors (Lipinski definition) is 2. The lowest BCUT2D eigenvalue weighted by atomic mass is 9.85. The molecule has 1 unspecified atom stereocenters. The minimum absolute atomic E-state index is 0.152. The van der Waals surface area contributed by atoms with E-state index in [1.165, 1.54) is 16.1 Å². The molecule has 19 heavy (non-hydrogen) atoms. The predicted octanol–water partition coefficient (Wildman–Crippen LogP) is 5.98. The largest absolute Gasteiger partial charge is 0.377 e. The first-order valence-electron chi connectivity index (χ1n) is 6.48. The Morgan fingerprint density at radius 3 is 2.47 bits per heavy atom. The maximum absolute atomic E-state index is 3.64. The molecule has 0 aliphatic heterocycles. The van der Waals surface area contributed by atoms with Crippen molar-refractivity contribution in [3.63, 3.8) is 0 Å². The van der Waals surface area contributed by atoms with E-state index in [0.29, 0.717) is 6.04 Å². The van der Waals surface area contributed by atoms with E-state index in [1.54, 1.807) is 11.3 Å². The zero-order chi connectivity index (χ0) is 14.0. The number of rotatable bonds is 3. The third-order valence-electron chi connectivity index (χ3n) is 3.12. The fourth-order valence-corrected chi connectivity index (χ4v) is 3.58. The molecule has 1 nitrogen and oxygen atoms in total. The maximum Gasteiger partial charge on any atom is 0.0578 e. The molecule has 0 saturated carbocycles. The predicted molar refractivity (Wildman–Crippen MR) is 89.2 cm³/mol. The lowest BCUT2D eigenvalue weighted by molar-refractivity contribution is 0.591. The van der Waals surface area contributed by atoms with Crippen molar-refractivity contribution in [1.82, 2.24) is 0 Å². The molecule has 0 spiro atoms. The third kappa shape index (κ3) is 3.61. The quantitative estimate of drug-likeness (QED) is 0.726. The van der Waals surface area contributed by atoms with Gasteiger partial charge < -0.3 is 5.32 Å². The van der Waals surface area contributed by atoms with Gasteiger partial charge in [0.05, 0.1) is 6.04 Å². The fourth-order valence-electron chi connectivity index (χ4n) is 2.12. The van der Waals surface area contributed by atoms with Gasteiger partial charge in [-0.1, -0.05) is 39.0 Å². The molecule has 0 radical (unpaired) electrons. The second kappa shape index (κ2) is 5.68. The summed E-state index contributed by atoms with van der Waals surface area (Å²) in [5.41, 5.74) is 2.74. The molecule has 102 valence electrons. The first kappa shape index (κ1) is 14.6. The van der Waals surface area contributed by atoms with E-state index in [1.807, 2.05) is 0 Å². The Morgan fingerprint density at radius 2 is 1.89 bits per heavy atom. The number of thiophene rings is 1. The first-order valence-corrected chi connectivity index (χ1v) is 8.15. The smallest absolute Gasteiger partial charge is 0.0578 e. The maximum atomic E-state index is 3.64. The van der Waals surface area contributed by atoms with Crippen molar-refractivity contribution in [3.05, 3.63) is 50.6 Å². The van der Waals surface area contributed by atoms with Crippen LogP contribution in [0.25, 0.3) is 0 Å². The Balaban J connectivity index is 2.24. The molecule has 3 heteroatoms. The van der Waals surface area contributed by atoms with E-state index in [2.05, 4.69) is 84.7 Å². The van der Waals surface area contributed by atoms with Crippen molar-refractivity contribution in [3.8, 4) is 0 Å². The molecule has 1 heterocycles. The van der Waals surface area contributed by atoms with Gasteiger partial charge in [0.25, 0.3) is 0 Å². The van der Waals surface area contributed by atoms with Gasteiger partial charge in [-0.15, -0.1) is 11.3 Å². The summed E-state index contributed by atoms with van der Waals surface area (Å²) in [6.07, 6.45) is 0. The van der Waals surface area contributed by atoms with Crippen LogP contribution in [0.2, 0.25) is 0 Å². The standard InChI is InChI=1S/C16H20BrNS/c1-11(15-9-12(17)10-19-15)18-14-8-6-5-7-13(14)16(2,3)4/h5-11,18H,1-4H3. The molecule has 0 amide bonds. The summed E-state index contributed by atoms with van der Waals surface area (Å²) in [5.74, 6) is 0. The summed E-state index contributed by atoms with van der Waals surface area (Å²) >= 11 is 5.30. The number of anilines is 1. The monoisotopic (exact) mass is 337 g/mol. The average molecular weight is 338 g/mol. The van der Waals surface area contributed by atoms with Gasteiger partial charge >= 0.3 is 0 Å². The second-order valence-electron chi connectivity index (χ2n) is 5.83. The summed E-state index contributed by atoms with van der Waals surface area (Å²) in [6.45, 7) is 8.96. The summed E-state index contributed by atoms with van der Waals surface area (Å²) in [7, 11) is 0. The van der Waals surface area contributed by atoms with Crippen molar-refractivity contribution in [2.24, 2.45) is 0 Å². The SMILES string of the molecule is CC(Nc1ccccc1C(C)(C)C)c1cc(Br)cs1. The number of para-hydroxylation sites is 1. The van der Waals surface area contributed by atoms with E-state index in [-0.39, 0.29) is 5.41 Å². The minimum Gasteiger partial charge on any atom is -0.377 e. The highest BCUT2D eigenvalue weighted by Gasteiger charge is 2.18. The molecule has 1 atom stereocenters. The van der Waals surface area contributed by atoms with Crippen LogP contribution in [0.4, 0.5) is 5.69 Å². The van der Waals surface area contributed by atoms with Crippen LogP contribution in [0.5, 0.6) is 0 Å². The van der Waals surface area contributed by atoms with Gasteiger partial charge in [0.1, 0.15) is 0 Å². The zero-order valence-electron chi connectivity index (χ0n) is 11.8. The Labute approximate surface area is 128 Å².